The predicted molar refractivity (Wildman–Crippen MR) is 102 cm³/mol. The summed E-state index contributed by atoms with van der Waals surface area (Å²) in [7, 11) is 0. The predicted octanol–water partition coefficient (Wildman–Crippen LogP) is 3.41. The Labute approximate surface area is 155 Å². The fourth-order valence-electron chi connectivity index (χ4n) is 2.51. The minimum absolute atomic E-state index is 0.150. The van der Waals surface area contributed by atoms with Gasteiger partial charge in [0, 0.05) is 12.3 Å². The lowest BCUT2D eigenvalue weighted by molar-refractivity contribution is 0.168. The highest BCUT2D eigenvalue weighted by Gasteiger charge is 2.13. The van der Waals surface area contributed by atoms with Crippen LogP contribution in [0, 0.1) is 0 Å². The molecular weight excluding hydrogens is 348 g/mol. The molecule has 9 heteroatoms. The van der Waals surface area contributed by atoms with E-state index >= 15 is 0 Å². The van der Waals surface area contributed by atoms with Gasteiger partial charge in [0.2, 0.25) is 0 Å². The lowest BCUT2D eigenvalue weighted by atomic mass is 10.1. The number of hydrogen-bond acceptors (Lipinski definition) is 5. The van der Waals surface area contributed by atoms with Crippen LogP contribution >= 0.6 is 0 Å². The molecule has 0 aliphatic carbocycles. The van der Waals surface area contributed by atoms with Gasteiger partial charge in [0.25, 0.3) is 0 Å². The minimum atomic E-state index is -0.595. The molecule has 27 heavy (non-hydrogen) atoms. The number of rotatable bonds is 5. The molecule has 3 amide bonds. The fourth-order valence-corrected chi connectivity index (χ4v) is 2.51. The molecule has 3 aromatic rings. The second-order valence-electron chi connectivity index (χ2n) is 5.76. The molecular formula is C18H20N6O3. The largest absolute Gasteiger partial charge is 0.450 e. The van der Waals surface area contributed by atoms with Crippen LogP contribution < -0.4 is 16.0 Å². The summed E-state index contributed by atoms with van der Waals surface area (Å²) in [6.45, 7) is 3.87. The average Bonchev–Trinajstić information content (AvgIpc) is 3.04. The van der Waals surface area contributed by atoms with Crippen molar-refractivity contribution in [2.45, 2.75) is 19.9 Å². The minimum Gasteiger partial charge on any atom is -0.450 e. The molecule has 0 radical (unpaired) electrons. The molecule has 9 nitrogen and oxygen atoms in total. The molecule has 0 saturated carbocycles. The average molecular weight is 368 g/mol. The third-order valence-electron chi connectivity index (χ3n) is 3.83. The summed E-state index contributed by atoms with van der Waals surface area (Å²) in [6, 6.07) is 10.7. The Morgan fingerprint density at radius 2 is 2.00 bits per heavy atom. The molecule has 0 saturated heterocycles. The molecule has 140 valence electrons. The van der Waals surface area contributed by atoms with Gasteiger partial charge in [-0.15, -0.1) is 0 Å². The molecule has 4 N–H and O–H groups in total. The van der Waals surface area contributed by atoms with Crippen molar-refractivity contribution in [3.8, 4) is 0 Å². The number of ether oxygens (including phenoxy) is 1. The van der Waals surface area contributed by atoms with Crippen LogP contribution in [0.15, 0.2) is 42.6 Å². The molecule has 1 unspecified atom stereocenters. The number of aromatic nitrogens is 3. The van der Waals surface area contributed by atoms with Gasteiger partial charge in [-0.25, -0.2) is 14.6 Å². The van der Waals surface area contributed by atoms with Crippen molar-refractivity contribution in [3.05, 3.63) is 48.2 Å². The number of carbonyl (C=O) groups is 2. The highest BCUT2D eigenvalue weighted by molar-refractivity contribution is 5.98. The van der Waals surface area contributed by atoms with E-state index in [1.165, 1.54) is 6.20 Å². The van der Waals surface area contributed by atoms with Crippen molar-refractivity contribution < 1.29 is 14.3 Å². The topological polar surface area (TPSA) is 121 Å². The first kappa shape index (κ1) is 18.2. The zero-order valence-electron chi connectivity index (χ0n) is 14.9. The van der Waals surface area contributed by atoms with Crippen molar-refractivity contribution >= 4 is 34.7 Å². The summed E-state index contributed by atoms with van der Waals surface area (Å²) >= 11 is 0. The molecule has 2 aromatic heterocycles. The van der Waals surface area contributed by atoms with Gasteiger partial charge in [0.1, 0.15) is 5.82 Å². The number of amides is 3. The van der Waals surface area contributed by atoms with Crippen LogP contribution in [-0.4, -0.2) is 33.9 Å². The number of benzene rings is 1. The fraction of sp³-hybridized carbons (Fsp3) is 0.222. The lowest BCUT2D eigenvalue weighted by Gasteiger charge is -2.14. The van der Waals surface area contributed by atoms with Crippen LogP contribution in [0.3, 0.4) is 0 Å². The molecule has 0 aliphatic heterocycles. The van der Waals surface area contributed by atoms with E-state index in [4.69, 9.17) is 4.74 Å². The van der Waals surface area contributed by atoms with Crippen molar-refractivity contribution in [2.24, 2.45) is 0 Å². The highest BCUT2D eigenvalue weighted by Crippen LogP contribution is 2.22. The number of H-pyrrole nitrogens is 1. The quantitative estimate of drug-likeness (QED) is 0.550. The summed E-state index contributed by atoms with van der Waals surface area (Å²) in [6.07, 6.45) is 0.916. The first-order valence-corrected chi connectivity index (χ1v) is 8.47. The number of hydrogen-bond donors (Lipinski definition) is 4. The molecule has 1 atom stereocenters. The first-order chi connectivity index (χ1) is 13.1. The molecule has 0 fully saturated rings. The third kappa shape index (κ3) is 4.51. The Bertz CT molecular complexity index is 941. The number of nitrogens with zero attached hydrogens (tertiary/aromatic N) is 2. The number of fused-ring (bicyclic) bond motifs is 1. The zero-order chi connectivity index (χ0) is 19.2. The van der Waals surface area contributed by atoms with E-state index in [2.05, 4.69) is 31.1 Å². The van der Waals surface area contributed by atoms with Crippen LogP contribution in [0.25, 0.3) is 10.9 Å². The Balaban J connectivity index is 1.65. The third-order valence-corrected chi connectivity index (χ3v) is 3.83. The van der Waals surface area contributed by atoms with Crippen LogP contribution in [0.5, 0.6) is 0 Å². The number of aromatic amines is 1. The number of nitrogens with one attached hydrogen (secondary N) is 4. The van der Waals surface area contributed by atoms with Crippen molar-refractivity contribution in [2.75, 3.05) is 17.2 Å². The van der Waals surface area contributed by atoms with Gasteiger partial charge < -0.3 is 10.1 Å². The van der Waals surface area contributed by atoms with E-state index in [-0.39, 0.29) is 18.7 Å². The van der Waals surface area contributed by atoms with E-state index in [0.29, 0.717) is 22.5 Å². The zero-order valence-corrected chi connectivity index (χ0v) is 14.9. The molecule has 0 spiro atoms. The van der Waals surface area contributed by atoms with Gasteiger partial charge >= 0.3 is 12.1 Å². The Morgan fingerprint density at radius 3 is 2.74 bits per heavy atom. The van der Waals surface area contributed by atoms with Crippen LogP contribution in [0.1, 0.15) is 25.5 Å². The smallest absolute Gasteiger partial charge is 0.412 e. The Morgan fingerprint density at radius 1 is 1.22 bits per heavy atom. The van der Waals surface area contributed by atoms with Crippen LogP contribution in [0.4, 0.5) is 21.2 Å². The Hall–Kier alpha value is -3.62. The number of urea groups is 1. The second-order valence-corrected chi connectivity index (χ2v) is 5.76. The van der Waals surface area contributed by atoms with E-state index in [9.17, 15) is 9.59 Å². The van der Waals surface area contributed by atoms with Crippen molar-refractivity contribution in [1.82, 2.24) is 20.5 Å². The maximum Gasteiger partial charge on any atom is 0.412 e. The lowest BCUT2D eigenvalue weighted by Crippen LogP contribution is -2.31. The molecule has 0 bridgehead atoms. The van der Waals surface area contributed by atoms with E-state index in [1.807, 2.05) is 37.3 Å². The van der Waals surface area contributed by atoms with E-state index < -0.39 is 6.09 Å². The van der Waals surface area contributed by atoms with Gasteiger partial charge in [-0.1, -0.05) is 30.3 Å². The molecule has 0 aliphatic rings. The van der Waals surface area contributed by atoms with Crippen LogP contribution in [0.2, 0.25) is 0 Å². The summed E-state index contributed by atoms with van der Waals surface area (Å²) < 4.78 is 4.82. The van der Waals surface area contributed by atoms with Gasteiger partial charge in [0.05, 0.1) is 23.6 Å². The van der Waals surface area contributed by atoms with Gasteiger partial charge in [-0.2, -0.15) is 5.10 Å². The summed E-state index contributed by atoms with van der Waals surface area (Å²) in [4.78, 5) is 27.9. The number of carbonyl (C=O) groups excluding carboxylic acids is 2. The monoisotopic (exact) mass is 368 g/mol. The molecule has 3 rings (SSSR count). The number of pyridine rings is 1. The van der Waals surface area contributed by atoms with Crippen molar-refractivity contribution in [1.29, 1.82) is 0 Å². The standard InChI is InChI=1S/C18H20N6O3/c1-3-27-18(26)22-16-13-10-19-15(9-14(13)23-24-16)21-17(25)20-11(2)12-7-5-4-6-8-12/h4-11H,3H2,1-2H3,(H2,19,20,21,25)(H2,22,23,24,26). The summed E-state index contributed by atoms with van der Waals surface area (Å²) in [5.74, 6) is 0.663. The normalized spacial score (nSPS) is 11.6. The van der Waals surface area contributed by atoms with Gasteiger partial charge in [-0.05, 0) is 19.4 Å². The van der Waals surface area contributed by atoms with Gasteiger partial charge in [-0.3, -0.25) is 15.7 Å². The van der Waals surface area contributed by atoms with Crippen molar-refractivity contribution in [3.63, 3.8) is 0 Å². The van der Waals surface area contributed by atoms with Crippen LogP contribution in [-0.2, 0) is 4.74 Å². The molecule has 2 heterocycles. The molecule has 1 aromatic carbocycles. The van der Waals surface area contributed by atoms with E-state index in [1.54, 1.807) is 13.0 Å². The van der Waals surface area contributed by atoms with E-state index in [0.717, 1.165) is 5.56 Å². The second kappa shape index (κ2) is 8.17. The summed E-state index contributed by atoms with van der Waals surface area (Å²) in [5, 5.41) is 15.5. The Kier molecular flexibility index (Phi) is 5.50. The first-order valence-electron chi connectivity index (χ1n) is 8.47. The number of anilines is 2. The van der Waals surface area contributed by atoms with Gasteiger partial charge in [0.15, 0.2) is 5.82 Å². The SMILES string of the molecule is CCOC(=O)Nc1n[nH]c2cc(NC(=O)NC(C)c3ccccc3)ncc12. The maximum atomic E-state index is 12.2. The highest BCUT2D eigenvalue weighted by atomic mass is 16.5. The maximum absolute atomic E-state index is 12.2. The summed E-state index contributed by atoms with van der Waals surface area (Å²) in [5.41, 5.74) is 1.61.